The Bertz CT molecular complexity index is 780. The van der Waals surface area contributed by atoms with Gasteiger partial charge in [0.2, 0.25) is 11.8 Å². The standard InChI is InChI=1S/C27H42N4O2/c1-20(28-2)26(32)29-25(23-11-6-7-12-23)27(33)31-18-15-22-13-8-16-30(19-24(22)31)17-14-21-9-4-3-5-10-21/h3-5,9-10,20,22-25,28H,6-8,11-19H2,1-2H3,(H,29,32)/t20-,22+,24+,25-/m0/s1. The van der Waals surface area contributed by atoms with Gasteiger partial charge in [-0.1, -0.05) is 43.2 Å². The van der Waals surface area contributed by atoms with Crippen molar-refractivity contribution >= 4 is 11.8 Å². The van der Waals surface area contributed by atoms with Crippen LogP contribution in [0.3, 0.4) is 0 Å². The molecule has 6 nitrogen and oxygen atoms in total. The molecule has 0 spiro atoms. The van der Waals surface area contributed by atoms with Crippen LogP contribution < -0.4 is 10.6 Å². The average molecular weight is 455 g/mol. The van der Waals surface area contributed by atoms with Gasteiger partial charge in [0.25, 0.3) is 0 Å². The third-order valence-corrected chi connectivity index (χ3v) is 8.28. The fourth-order valence-corrected chi connectivity index (χ4v) is 6.10. The molecule has 4 rings (SSSR count). The molecule has 0 radical (unpaired) electrons. The quantitative estimate of drug-likeness (QED) is 0.634. The molecule has 2 heterocycles. The van der Waals surface area contributed by atoms with Gasteiger partial charge in [0.15, 0.2) is 0 Å². The molecule has 1 aromatic rings. The fraction of sp³-hybridized carbons (Fsp3) is 0.704. The van der Waals surface area contributed by atoms with Crippen molar-refractivity contribution in [2.45, 2.75) is 76.4 Å². The normalized spacial score (nSPS) is 25.9. The second-order valence-electron chi connectivity index (χ2n) is 10.4. The van der Waals surface area contributed by atoms with Crippen LogP contribution in [0.4, 0.5) is 0 Å². The predicted octanol–water partition coefficient (Wildman–Crippen LogP) is 2.82. The molecular formula is C27H42N4O2. The number of fused-ring (bicyclic) bond motifs is 1. The summed E-state index contributed by atoms with van der Waals surface area (Å²) >= 11 is 0. The van der Waals surface area contributed by atoms with Crippen molar-refractivity contribution in [3.8, 4) is 0 Å². The van der Waals surface area contributed by atoms with Crippen molar-refractivity contribution in [3.05, 3.63) is 35.9 Å². The van der Waals surface area contributed by atoms with E-state index in [0.29, 0.717) is 5.92 Å². The van der Waals surface area contributed by atoms with E-state index in [1.54, 1.807) is 7.05 Å². The minimum absolute atomic E-state index is 0.0659. The van der Waals surface area contributed by atoms with Crippen LogP contribution in [0.5, 0.6) is 0 Å². The molecule has 33 heavy (non-hydrogen) atoms. The molecule has 6 heteroatoms. The van der Waals surface area contributed by atoms with Gasteiger partial charge in [-0.25, -0.2) is 0 Å². The van der Waals surface area contributed by atoms with Crippen molar-refractivity contribution < 1.29 is 9.59 Å². The molecule has 182 valence electrons. The smallest absolute Gasteiger partial charge is 0.245 e. The van der Waals surface area contributed by atoms with Crippen LogP contribution in [0.1, 0.15) is 57.4 Å². The summed E-state index contributed by atoms with van der Waals surface area (Å²) in [6.07, 6.45) is 8.95. The van der Waals surface area contributed by atoms with Crippen LogP contribution >= 0.6 is 0 Å². The van der Waals surface area contributed by atoms with Crippen molar-refractivity contribution in [1.29, 1.82) is 0 Å². The summed E-state index contributed by atoms with van der Waals surface area (Å²) in [5.41, 5.74) is 1.38. The van der Waals surface area contributed by atoms with E-state index in [1.165, 1.54) is 18.4 Å². The van der Waals surface area contributed by atoms with Crippen molar-refractivity contribution in [1.82, 2.24) is 20.4 Å². The van der Waals surface area contributed by atoms with Crippen LogP contribution in [0.25, 0.3) is 0 Å². The number of amides is 2. The lowest BCUT2D eigenvalue weighted by Gasteiger charge is -2.35. The molecule has 0 bridgehead atoms. The first-order chi connectivity index (χ1) is 16.1. The van der Waals surface area contributed by atoms with E-state index in [2.05, 4.69) is 50.8 Å². The molecular weight excluding hydrogens is 412 g/mol. The van der Waals surface area contributed by atoms with Crippen molar-refractivity contribution in [3.63, 3.8) is 0 Å². The molecule has 1 saturated carbocycles. The Balaban J connectivity index is 1.44. The van der Waals surface area contributed by atoms with E-state index in [1.807, 2.05) is 6.92 Å². The highest BCUT2D eigenvalue weighted by Crippen LogP contribution is 2.34. The minimum atomic E-state index is -0.379. The number of likely N-dealkylation sites (N-methyl/N-ethyl adjacent to an activating group) is 1. The molecule has 2 N–H and O–H groups in total. The van der Waals surface area contributed by atoms with Crippen molar-refractivity contribution in [2.75, 3.05) is 33.2 Å². The number of rotatable bonds is 8. The maximum absolute atomic E-state index is 13.9. The number of nitrogens with zero attached hydrogens (tertiary/aromatic N) is 2. The average Bonchev–Trinajstić information content (AvgIpc) is 3.47. The summed E-state index contributed by atoms with van der Waals surface area (Å²) < 4.78 is 0. The summed E-state index contributed by atoms with van der Waals surface area (Å²) in [5.74, 6) is 0.955. The van der Waals surface area contributed by atoms with E-state index in [-0.39, 0.29) is 35.9 Å². The molecule has 2 saturated heterocycles. The summed E-state index contributed by atoms with van der Waals surface area (Å²) in [7, 11) is 1.79. The van der Waals surface area contributed by atoms with E-state index < -0.39 is 0 Å². The predicted molar refractivity (Wildman–Crippen MR) is 132 cm³/mol. The zero-order chi connectivity index (χ0) is 23.2. The van der Waals surface area contributed by atoms with Crippen LogP contribution in [0.2, 0.25) is 0 Å². The lowest BCUT2D eigenvalue weighted by molar-refractivity contribution is -0.139. The third kappa shape index (κ3) is 5.96. The first kappa shape index (κ1) is 24.2. The van der Waals surface area contributed by atoms with Crippen LogP contribution in [-0.4, -0.2) is 73.0 Å². The Morgan fingerprint density at radius 2 is 1.79 bits per heavy atom. The summed E-state index contributed by atoms with van der Waals surface area (Å²) in [5, 5.41) is 6.16. The molecule has 1 aromatic carbocycles. The van der Waals surface area contributed by atoms with Gasteiger partial charge in [-0.05, 0) is 76.4 Å². The Morgan fingerprint density at radius 3 is 2.52 bits per heavy atom. The molecule has 0 aromatic heterocycles. The SMILES string of the molecule is CN[C@@H](C)C(=O)N[C@H](C(=O)N1CC[C@H]2CCCN(CCc3ccccc3)C[C@H]21)C1CCCC1. The van der Waals surface area contributed by atoms with E-state index >= 15 is 0 Å². The fourth-order valence-electron chi connectivity index (χ4n) is 6.10. The summed E-state index contributed by atoms with van der Waals surface area (Å²) in [4.78, 5) is 31.3. The van der Waals surface area contributed by atoms with Crippen LogP contribution in [0.15, 0.2) is 30.3 Å². The Hall–Kier alpha value is -1.92. The van der Waals surface area contributed by atoms with E-state index in [4.69, 9.17) is 0 Å². The molecule has 1 aliphatic carbocycles. The van der Waals surface area contributed by atoms with Gasteiger partial charge in [-0.15, -0.1) is 0 Å². The first-order valence-corrected chi connectivity index (χ1v) is 13.1. The lowest BCUT2D eigenvalue weighted by atomic mass is 9.94. The highest BCUT2D eigenvalue weighted by atomic mass is 16.2. The topological polar surface area (TPSA) is 64.7 Å². The third-order valence-electron chi connectivity index (χ3n) is 8.28. The largest absolute Gasteiger partial charge is 0.343 e. The zero-order valence-corrected chi connectivity index (χ0v) is 20.5. The number of carbonyl (C=O) groups excluding carboxylic acids is 2. The lowest BCUT2D eigenvalue weighted by Crippen LogP contribution is -2.57. The number of benzene rings is 1. The van der Waals surface area contributed by atoms with Crippen molar-refractivity contribution in [2.24, 2.45) is 11.8 Å². The molecule has 2 aliphatic heterocycles. The Labute approximate surface area is 199 Å². The van der Waals surface area contributed by atoms with Gasteiger partial charge >= 0.3 is 0 Å². The second-order valence-corrected chi connectivity index (χ2v) is 10.4. The van der Waals surface area contributed by atoms with Gasteiger partial charge in [0.05, 0.1) is 6.04 Å². The van der Waals surface area contributed by atoms with E-state index in [9.17, 15) is 9.59 Å². The number of nitrogens with one attached hydrogen (secondary N) is 2. The minimum Gasteiger partial charge on any atom is -0.343 e. The van der Waals surface area contributed by atoms with E-state index in [0.717, 1.165) is 64.7 Å². The van der Waals surface area contributed by atoms with Gasteiger partial charge in [0, 0.05) is 25.7 Å². The highest BCUT2D eigenvalue weighted by molar-refractivity contribution is 5.90. The van der Waals surface area contributed by atoms with Crippen LogP contribution in [-0.2, 0) is 16.0 Å². The number of hydrogen-bond acceptors (Lipinski definition) is 4. The molecule has 0 unspecified atom stereocenters. The summed E-state index contributed by atoms with van der Waals surface area (Å²) in [6.45, 7) is 5.80. The maximum Gasteiger partial charge on any atom is 0.245 e. The number of hydrogen-bond donors (Lipinski definition) is 2. The molecule has 2 amide bonds. The van der Waals surface area contributed by atoms with Gasteiger partial charge in [0.1, 0.15) is 6.04 Å². The number of likely N-dealkylation sites (tertiary alicyclic amines) is 2. The molecule has 4 atom stereocenters. The van der Waals surface area contributed by atoms with Gasteiger partial charge in [-0.3, -0.25) is 9.59 Å². The maximum atomic E-state index is 13.9. The van der Waals surface area contributed by atoms with Gasteiger partial charge in [-0.2, -0.15) is 0 Å². The first-order valence-electron chi connectivity index (χ1n) is 13.1. The monoisotopic (exact) mass is 454 g/mol. The van der Waals surface area contributed by atoms with Crippen LogP contribution in [0, 0.1) is 11.8 Å². The van der Waals surface area contributed by atoms with Gasteiger partial charge < -0.3 is 20.4 Å². The Kier molecular flexibility index (Phi) is 8.42. The Morgan fingerprint density at radius 1 is 1.03 bits per heavy atom. The zero-order valence-electron chi connectivity index (χ0n) is 20.5. The second kappa shape index (κ2) is 11.5. The summed E-state index contributed by atoms with van der Waals surface area (Å²) in [6, 6.07) is 10.3. The molecule has 3 aliphatic rings. The molecule has 3 fully saturated rings. The highest BCUT2D eigenvalue weighted by Gasteiger charge is 2.43. The number of carbonyl (C=O) groups is 2.